The molecule has 0 radical (unpaired) electrons. The highest BCUT2D eigenvalue weighted by Crippen LogP contribution is 2.17. The van der Waals surface area contributed by atoms with E-state index in [2.05, 4.69) is 208 Å². The molecule has 0 aromatic heterocycles. The zero-order valence-corrected chi connectivity index (χ0v) is 63.8. The first-order valence-corrected chi connectivity index (χ1v) is 39.6. The fourth-order valence-electron chi connectivity index (χ4n) is 10.4. The van der Waals surface area contributed by atoms with Crippen molar-refractivity contribution in [3.8, 4) is 0 Å². The number of unbranched alkanes of at least 4 members (excludes halogenated alkanes) is 24. The number of carbonyl (C=O) groups excluding carboxylic acids is 3. The van der Waals surface area contributed by atoms with Crippen molar-refractivity contribution >= 4 is 17.9 Å². The zero-order chi connectivity index (χ0) is 71.8. The summed E-state index contributed by atoms with van der Waals surface area (Å²) in [7, 11) is 5.92. The number of carbonyl (C=O) groups is 3. The summed E-state index contributed by atoms with van der Waals surface area (Å²) < 4.78 is 22.8. The van der Waals surface area contributed by atoms with Gasteiger partial charge in [0.05, 0.1) is 40.3 Å². The Morgan fingerprint density at radius 1 is 0.303 bits per heavy atom. The summed E-state index contributed by atoms with van der Waals surface area (Å²) in [4.78, 5) is 37.6. The van der Waals surface area contributed by atoms with E-state index in [9.17, 15) is 19.5 Å². The van der Waals surface area contributed by atoms with Crippen molar-refractivity contribution in [2.45, 2.75) is 309 Å². The zero-order valence-electron chi connectivity index (χ0n) is 63.8. The molecule has 0 amide bonds. The van der Waals surface area contributed by atoms with E-state index in [0.29, 0.717) is 17.4 Å². The highest BCUT2D eigenvalue weighted by molar-refractivity contribution is 5.70. The molecular weight excluding hydrogens is 1220 g/mol. The van der Waals surface area contributed by atoms with Gasteiger partial charge in [0.1, 0.15) is 13.2 Å². The van der Waals surface area contributed by atoms with E-state index in [-0.39, 0.29) is 38.6 Å². The van der Waals surface area contributed by atoms with Crippen LogP contribution in [0.4, 0.5) is 0 Å². The number of allylic oxidation sites excluding steroid dienone is 32. The molecule has 2 atom stereocenters. The molecule has 0 saturated heterocycles. The molecule has 0 fully saturated rings. The standard InChI is InChI=1S/C90H145NO8/c1-6-8-10-12-14-16-18-20-22-24-26-28-30-32-34-36-38-40-42-43-44-45-47-48-50-52-54-56-58-60-62-64-66-68-70-72-74-76-78-80-87(92)97-84-86(85-98-90(89(94)95)96-83-82-91(3,4)5)99-88(93)81-79-77-75-73-71-69-67-65-63-61-59-57-55-53-51-49-46-41-39-37-35-33-31-29-27-25-23-21-19-17-15-13-11-9-7-2/h8-11,14-17,20-23,26-29,32-35,38-41,49,51,55,57,61,63,67,69,86,90H,6-7,12-13,18-19,24-25,30-31,36-37,42-48,50,52-54,56,58-60,62,64-66,68,70-85H2,1-5H3/b10-8-,11-9-,16-14-,17-15-,22-20-,23-21-,28-26-,29-27-,34-32-,35-33-,40-38-,41-39-,51-49-,57-55-,63-61-,69-67-. The van der Waals surface area contributed by atoms with Crippen molar-refractivity contribution in [3.05, 3.63) is 194 Å². The second-order valence-corrected chi connectivity index (χ2v) is 26.9. The Hall–Kier alpha value is -5.87. The van der Waals surface area contributed by atoms with Gasteiger partial charge in [-0.1, -0.05) is 337 Å². The molecule has 2 unspecified atom stereocenters. The molecule has 0 aliphatic heterocycles. The largest absolute Gasteiger partial charge is 0.545 e. The van der Waals surface area contributed by atoms with E-state index in [4.69, 9.17) is 18.9 Å². The maximum absolute atomic E-state index is 13.0. The van der Waals surface area contributed by atoms with Gasteiger partial charge < -0.3 is 33.3 Å². The van der Waals surface area contributed by atoms with E-state index in [0.717, 1.165) is 148 Å². The first-order valence-electron chi connectivity index (χ1n) is 39.6. The monoisotopic (exact) mass is 1370 g/mol. The number of hydrogen-bond donors (Lipinski definition) is 0. The minimum Gasteiger partial charge on any atom is -0.545 e. The van der Waals surface area contributed by atoms with E-state index < -0.39 is 24.3 Å². The molecular formula is C90H145NO8. The van der Waals surface area contributed by atoms with Gasteiger partial charge in [-0.05, 0) is 141 Å². The number of quaternary nitrogens is 1. The molecule has 0 aliphatic rings. The molecule has 0 N–H and O–H groups in total. The molecule has 0 bridgehead atoms. The Labute approximate surface area is 608 Å². The van der Waals surface area contributed by atoms with Gasteiger partial charge in [0.2, 0.25) is 0 Å². The molecule has 0 aromatic carbocycles. The second-order valence-electron chi connectivity index (χ2n) is 26.9. The van der Waals surface area contributed by atoms with Gasteiger partial charge in [-0.3, -0.25) is 9.59 Å². The third-order valence-electron chi connectivity index (χ3n) is 16.3. The third kappa shape index (κ3) is 79.3. The van der Waals surface area contributed by atoms with Crippen molar-refractivity contribution < 1.29 is 42.9 Å². The van der Waals surface area contributed by atoms with Crippen molar-refractivity contribution in [1.82, 2.24) is 0 Å². The number of ether oxygens (including phenoxy) is 4. The molecule has 0 heterocycles. The molecule has 0 saturated carbocycles. The summed E-state index contributed by atoms with van der Waals surface area (Å²) in [6, 6.07) is 0. The summed E-state index contributed by atoms with van der Waals surface area (Å²) in [5, 5.41) is 11.9. The predicted octanol–water partition coefficient (Wildman–Crippen LogP) is 24.4. The van der Waals surface area contributed by atoms with Crippen LogP contribution in [0.15, 0.2) is 194 Å². The summed E-state index contributed by atoms with van der Waals surface area (Å²) in [6.07, 6.45) is 117. The number of likely N-dealkylation sites (N-methyl/N-ethyl adjacent to an activating group) is 1. The quantitative estimate of drug-likeness (QED) is 0.0195. The maximum atomic E-state index is 13.0. The van der Waals surface area contributed by atoms with Gasteiger partial charge in [0.15, 0.2) is 12.4 Å². The Balaban J connectivity index is 4.13. The lowest BCUT2D eigenvalue weighted by atomic mass is 10.0. The summed E-state index contributed by atoms with van der Waals surface area (Å²) >= 11 is 0. The van der Waals surface area contributed by atoms with Crippen LogP contribution in [0.5, 0.6) is 0 Å². The van der Waals surface area contributed by atoms with Crippen LogP contribution in [0.1, 0.15) is 296 Å². The number of nitrogens with zero attached hydrogens (tertiary/aromatic N) is 1. The number of rotatable bonds is 71. The lowest BCUT2D eigenvalue weighted by Gasteiger charge is -2.26. The van der Waals surface area contributed by atoms with Crippen molar-refractivity contribution in [1.29, 1.82) is 0 Å². The Morgan fingerprint density at radius 3 is 0.808 bits per heavy atom. The summed E-state index contributed by atoms with van der Waals surface area (Å²) in [5.74, 6) is -2.33. The fraction of sp³-hybridized carbons (Fsp3) is 0.611. The lowest BCUT2D eigenvalue weighted by Crippen LogP contribution is -2.44. The average molecular weight is 1370 g/mol. The van der Waals surface area contributed by atoms with Gasteiger partial charge in [-0.15, -0.1) is 0 Å². The summed E-state index contributed by atoms with van der Waals surface area (Å²) in [5.41, 5.74) is 0. The third-order valence-corrected chi connectivity index (χ3v) is 16.3. The second kappa shape index (κ2) is 77.9. The summed E-state index contributed by atoms with van der Waals surface area (Å²) in [6.45, 7) is 4.49. The fourth-order valence-corrected chi connectivity index (χ4v) is 10.4. The molecule has 558 valence electrons. The van der Waals surface area contributed by atoms with E-state index in [1.54, 1.807) is 0 Å². The van der Waals surface area contributed by atoms with E-state index >= 15 is 0 Å². The highest BCUT2D eigenvalue weighted by Gasteiger charge is 2.22. The minimum absolute atomic E-state index is 0.134. The molecule has 0 aromatic rings. The molecule has 9 heteroatoms. The highest BCUT2D eigenvalue weighted by atomic mass is 16.7. The minimum atomic E-state index is -1.64. The Kier molecular flexibility index (Phi) is 73.2. The van der Waals surface area contributed by atoms with Crippen LogP contribution in [0, 0.1) is 0 Å². The van der Waals surface area contributed by atoms with Gasteiger partial charge in [0.25, 0.3) is 0 Å². The Morgan fingerprint density at radius 2 is 0.545 bits per heavy atom. The number of aliphatic carboxylic acids is 1. The number of hydrogen-bond acceptors (Lipinski definition) is 8. The topological polar surface area (TPSA) is 111 Å². The first-order chi connectivity index (χ1) is 48.6. The predicted molar refractivity (Wildman–Crippen MR) is 425 cm³/mol. The van der Waals surface area contributed by atoms with Crippen LogP contribution in [0.2, 0.25) is 0 Å². The van der Waals surface area contributed by atoms with E-state index in [1.807, 2.05) is 21.1 Å². The van der Waals surface area contributed by atoms with Crippen LogP contribution in [0.3, 0.4) is 0 Å². The molecule has 0 rings (SSSR count). The Bertz CT molecular complexity index is 2340. The van der Waals surface area contributed by atoms with Gasteiger partial charge >= 0.3 is 11.9 Å². The molecule has 0 aliphatic carbocycles. The number of carboxylic acids is 1. The number of carboxylic acid groups (broad SMARTS) is 1. The maximum Gasteiger partial charge on any atom is 0.306 e. The van der Waals surface area contributed by atoms with Gasteiger partial charge in [0, 0.05) is 12.8 Å². The van der Waals surface area contributed by atoms with E-state index in [1.165, 1.54) is 116 Å². The van der Waals surface area contributed by atoms with Gasteiger partial charge in [-0.25, -0.2) is 0 Å². The lowest BCUT2D eigenvalue weighted by molar-refractivity contribution is -0.870. The molecule has 9 nitrogen and oxygen atoms in total. The van der Waals surface area contributed by atoms with Crippen LogP contribution in [-0.2, 0) is 33.3 Å². The normalized spacial score (nSPS) is 13.7. The van der Waals surface area contributed by atoms with Crippen molar-refractivity contribution in [3.63, 3.8) is 0 Å². The smallest absolute Gasteiger partial charge is 0.306 e. The number of esters is 2. The first kappa shape index (κ1) is 93.1. The van der Waals surface area contributed by atoms with Crippen LogP contribution in [-0.4, -0.2) is 82.3 Å². The SMILES string of the molecule is CC/C=C\C/C=C\C/C=C\C/C=C\C/C=C\C/C=C\C/C=C\C/C=C\C/C=C\C/C=C\CCCCCCC(=O)OC(COC(=O)CCCCCCCCCCCCCCCCCCCCCC/C=C\C/C=C\C/C=C\C/C=C\C/C=C\C/C=C\CC)COC(OCC[N+](C)(C)C)C(=O)[O-]. The van der Waals surface area contributed by atoms with Gasteiger partial charge in [-0.2, -0.15) is 0 Å². The van der Waals surface area contributed by atoms with Crippen molar-refractivity contribution in [2.24, 2.45) is 0 Å². The van der Waals surface area contributed by atoms with Crippen LogP contribution in [0.25, 0.3) is 0 Å². The van der Waals surface area contributed by atoms with Crippen LogP contribution < -0.4 is 5.11 Å². The molecule has 0 spiro atoms. The van der Waals surface area contributed by atoms with Crippen molar-refractivity contribution in [2.75, 3.05) is 47.5 Å². The average Bonchev–Trinajstić information content (AvgIpc) is 1.16. The molecule has 99 heavy (non-hydrogen) atoms. The van der Waals surface area contributed by atoms with Crippen LogP contribution >= 0.6 is 0 Å².